The van der Waals surface area contributed by atoms with Crippen molar-refractivity contribution in [2.45, 2.75) is 151 Å². The summed E-state index contributed by atoms with van der Waals surface area (Å²) in [5.41, 5.74) is 0.0598. The predicted molar refractivity (Wildman–Crippen MR) is 228 cm³/mol. The maximum Gasteiger partial charge on any atom is 0.309 e. The molecule has 10 nitrogen and oxygen atoms in total. The Kier molecular flexibility index (Phi) is 10.6. The Morgan fingerprint density at radius 1 is 0.852 bits per heavy atom. The van der Waals surface area contributed by atoms with E-state index in [1.807, 2.05) is 27.7 Å². The quantitative estimate of drug-likeness (QED) is 0.134. The summed E-state index contributed by atoms with van der Waals surface area (Å²) >= 11 is 5.91. The lowest BCUT2D eigenvalue weighted by atomic mass is 9.25. The molecule has 2 amide bonds. The van der Waals surface area contributed by atoms with Gasteiger partial charge in [-0.15, -0.1) is 0 Å². The van der Waals surface area contributed by atoms with E-state index in [-0.39, 0.29) is 75.3 Å². The highest BCUT2D eigenvalue weighted by atomic mass is 35.5. The van der Waals surface area contributed by atoms with Crippen molar-refractivity contribution in [2.24, 2.45) is 67.5 Å². The number of esters is 1. The van der Waals surface area contributed by atoms with Crippen molar-refractivity contribution in [1.82, 2.24) is 10.6 Å². The lowest BCUT2D eigenvalue weighted by Crippen LogP contribution is -2.74. The van der Waals surface area contributed by atoms with Crippen LogP contribution in [-0.4, -0.2) is 64.8 Å². The number of nitrogens with one attached hydrogen (secondary N) is 2. The van der Waals surface area contributed by atoms with Crippen LogP contribution < -0.4 is 10.6 Å². The van der Waals surface area contributed by atoms with Crippen molar-refractivity contribution >= 4 is 41.1 Å². The number of Topliss-reactive ketones (excluding diaryl/α,β-unsaturated/α-hetero) is 1. The molecule has 7 aliphatic carbocycles. The Balaban J connectivity index is 1.01. The summed E-state index contributed by atoms with van der Waals surface area (Å²) in [6.45, 7) is 17.4. The number of amides is 2. The molecule has 334 valence electrons. The number of carbonyl (C=O) groups is 5. The third kappa shape index (κ3) is 6.03. The summed E-state index contributed by atoms with van der Waals surface area (Å²) in [5, 5.41) is 26.9. The first kappa shape index (κ1) is 44.3. The fraction of sp³-hybridized carbons (Fsp3) is 0.735. The molecule has 0 radical (unpaired) electrons. The van der Waals surface area contributed by atoms with Crippen LogP contribution in [0.3, 0.4) is 0 Å². The molecular weight excluding hydrogens is 799 g/mol. The molecule has 12 heteroatoms. The average molecular weight is 866 g/mol. The van der Waals surface area contributed by atoms with Crippen LogP contribution in [0, 0.1) is 67.5 Å². The standard InChI is InChI=1S/C49H66ClFN2O8/c1-26(2)36-32(54)24-48(34(55)25-52-40(57)38(51)53-39(56)27-9-11-28(50)12-10-27)20-17-44(5)29(37(36)48)13-14-33-45(44,6)18-21-49-22-19-47(49,8)35(15-16-46(33,49)7)61-42(60)31-23-30(41(58)59)43(31,3)4/h9-12,26,29-31,33-35,38,55H,13-25H2,1-8H3,(H,52,57)(H,53,56)(H,58,59)/t29-,30+,31-,33+,34+,35+,38?,44-,45-,46-,47-,48+,49+/m1/s1. The molecule has 0 heterocycles. The van der Waals surface area contributed by atoms with E-state index in [0.717, 1.165) is 68.9 Å². The van der Waals surface area contributed by atoms with Crippen LogP contribution >= 0.6 is 11.6 Å². The van der Waals surface area contributed by atoms with Crippen molar-refractivity contribution in [3.63, 3.8) is 0 Å². The molecule has 7 aliphatic rings. The topological polar surface area (TPSA) is 159 Å². The van der Waals surface area contributed by atoms with Gasteiger partial charge in [0.1, 0.15) is 6.10 Å². The van der Waals surface area contributed by atoms with Crippen LogP contribution in [0.1, 0.15) is 143 Å². The van der Waals surface area contributed by atoms with E-state index in [1.165, 1.54) is 24.3 Å². The van der Waals surface area contributed by atoms with E-state index in [2.05, 4.69) is 38.3 Å². The number of halogens is 2. The monoisotopic (exact) mass is 864 g/mol. The van der Waals surface area contributed by atoms with Crippen LogP contribution in [-0.2, 0) is 23.9 Å². The van der Waals surface area contributed by atoms with Crippen molar-refractivity contribution in [2.75, 3.05) is 6.54 Å². The third-order valence-corrected chi connectivity index (χ3v) is 20.0. The van der Waals surface area contributed by atoms with Gasteiger partial charge in [-0.1, -0.05) is 72.6 Å². The highest BCUT2D eigenvalue weighted by Crippen LogP contribution is 2.84. The molecule has 4 N–H and O–H groups in total. The van der Waals surface area contributed by atoms with Gasteiger partial charge in [0.05, 0.1) is 17.9 Å². The SMILES string of the molecule is CC(C)C1=C2[C@H]3CC[C@@H]4[C@@]5(C)CC[C@H](OC(=O)[C@H]6C[C@@H](C(=O)O)C6(C)C)[C@@]6(C)CC[C@]65CC[C@@]4(C)[C@]3(C)CC[C@@]2([C@@H](O)CNC(=O)C(F)NC(=O)c2ccc(Cl)cc2)CC1=O. The van der Waals surface area contributed by atoms with Crippen LogP contribution in [0.2, 0.25) is 5.02 Å². The molecule has 0 bridgehead atoms. The number of aliphatic carboxylic acids is 1. The Hall–Kier alpha value is -3.31. The van der Waals surface area contributed by atoms with Gasteiger partial charge in [0.2, 0.25) is 0 Å². The van der Waals surface area contributed by atoms with E-state index < -0.39 is 52.8 Å². The second-order valence-electron chi connectivity index (χ2n) is 22.2. The van der Waals surface area contributed by atoms with Crippen molar-refractivity contribution in [3.8, 4) is 0 Å². The zero-order valence-corrected chi connectivity index (χ0v) is 38.0. The Bertz CT molecular complexity index is 2070. The number of fused-ring (bicyclic) bond motifs is 6. The lowest BCUT2D eigenvalue weighted by Gasteiger charge is -2.79. The smallest absolute Gasteiger partial charge is 0.309 e. The first-order valence-electron chi connectivity index (χ1n) is 22.8. The van der Waals surface area contributed by atoms with E-state index in [4.69, 9.17) is 16.3 Å². The lowest BCUT2D eigenvalue weighted by molar-refractivity contribution is -0.321. The Morgan fingerprint density at radius 2 is 1.49 bits per heavy atom. The van der Waals surface area contributed by atoms with Crippen LogP contribution in [0.15, 0.2) is 35.4 Å². The predicted octanol–water partition coefficient (Wildman–Crippen LogP) is 8.63. The van der Waals surface area contributed by atoms with Gasteiger partial charge >= 0.3 is 11.9 Å². The minimum Gasteiger partial charge on any atom is -0.481 e. The molecular formula is C49H66ClFN2O8. The van der Waals surface area contributed by atoms with E-state index >= 15 is 4.39 Å². The number of aliphatic hydroxyl groups excluding tert-OH is 1. The highest BCUT2D eigenvalue weighted by Gasteiger charge is 2.78. The van der Waals surface area contributed by atoms with Gasteiger partial charge in [-0.3, -0.25) is 24.0 Å². The summed E-state index contributed by atoms with van der Waals surface area (Å²) in [4.78, 5) is 65.3. The summed E-state index contributed by atoms with van der Waals surface area (Å²) in [6.07, 6.45) is 5.87. The summed E-state index contributed by atoms with van der Waals surface area (Å²) < 4.78 is 21.6. The summed E-state index contributed by atoms with van der Waals surface area (Å²) in [7, 11) is 0. The van der Waals surface area contributed by atoms with Gasteiger partial charge in [0.15, 0.2) is 5.78 Å². The number of carbonyl (C=O) groups excluding carboxylic acids is 4. The van der Waals surface area contributed by atoms with Crippen LogP contribution in [0.25, 0.3) is 0 Å². The minimum atomic E-state index is -2.35. The van der Waals surface area contributed by atoms with Gasteiger partial charge in [0.25, 0.3) is 18.1 Å². The number of benzene rings is 1. The number of alkyl halides is 1. The largest absolute Gasteiger partial charge is 0.481 e. The number of rotatable bonds is 10. The number of hydrogen-bond donors (Lipinski definition) is 4. The second-order valence-corrected chi connectivity index (χ2v) is 22.7. The molecule has 1 aromatic carbocycles. The fourth-order valence-electron chi connectivity index (χ4n) is 15.8. The van der Waals surface area contributed by atoms with Gasteiger partial charge in [0, 0.05) is 34.4 Å². The third-order valence-electron chi connectivity index (χ3n) is 19.8. The molecule has 0 aliphatic heterocycles. The number of ketones is 1. The molecule has 6 fully saturated rings. The van der Waals surface area contributed by atoms with E-state index in [1.54, 1.807) is 0 Å². The number of hydrogen-bond acceptors (Lipinski definition) is 7. The van der Waals surface area contributed by atoms with Crippen molar-refractivity contribution in [3.05, 3.63) is 46.0 Å². The molecule has 0 aromatic heterocycles. The highest BCUT2D eigenvalue weighted by molar-refractivity contribution is 6.30. The van der Waals surface area contributed by atoms with Crippen molar-refractivity contribution < 1.29 is 43.3 Å². The Morgan fingerprint density at radius 3 is 2.10 bits per heavy atom. The second kappa shape index (κ2) is 14.6. The zero-order valence-electron chi connectivity index (χ0n) is 37.2. The maximum atomic E-state index is 15.1. The molecule has 8 rings (SSSR count). The van der Waals surface area contributed by atoms with Gasteiger partial charge in [-0.2, -0.15) is 0 Å². The zero-order chi connectivity index (χ0) is 44.5. The first-order chi connectivity index (χ1) is 28.4. The van der Waals surface area contributed by atoms with Gasteiger partial charge < -0.3 is 25.6 Å². The van der Waals surface area contributed by atoms with Crippen LogP contribution in [0.4, 0.5) is 4.39 Å². The molecule has 6 saturated carbocycles. The van der Waals surface area contributed by atoms with Gasteiger partial charge in [-0.25, -0.2) is 4.39 Å². The number of carboxylic acids is 1. The summed E-state index contributed by atoms with van der Waals surface area (Å²) in [6, 6.07) is 5.87. The number of carboxylic acid groups (broad SMARTS) is 1. The summed E-state index contributed by atoms with van der Waals surface area (Å²) in [5.74, 6) is -3.46. The number of allylic oxidation sites excluding steroid dienone is 1. The van der Waals surface area contributed by atoms with Crippen molar-refractivity contribution in [1.29, 1.82) is 0 Å². The van der Waals surface area contributed by atoms with Gasteiger partial charge in [-0.05, 0) is 145 Å². The molecule has 13 atom stereocenters. The number of aliphatic hydroxyl groups is 1. The van der Waals surface area contributed by atoms with Crippen LogP contribution in [0.5, 0.6) is 0 Å². The first-order valence-corrected chi connectivity index (χ1v) is 23.2. The molecule has 61 heavy (non-hydrogen) atoms. The molecule has 1 unspecified atom stereocenters. The molecule has 0 saturated heterocycles. The number of ether oxygens (including phenoxy) is 1. The maximum absolute atomic E-state index is 15.1. The molecule has 1 aromatic rings. The fourth-order valence-corrected chi connectivity index (χ4v) is 15.9. The molecule has 1 spiro atoms. The average Bonchev–Trinajstić information content (AvgIpc) is 3.50. The Labute approximate surface area is 364 Å². The van der Waals surface area contributed by atoms with E-state index in [9.17, 15) is 34.2 Å². The minimum absolute atomic E-state index is 0.000992. The van der Waals surface area contributed by atoms with E-state index in [0.29, 0.717) is 23.8 Å². The normalized spacial score (nSPS) is 41.6.